The fraction of sp³-hybridized carbons (Fsp3) is 1.00. The third-order valence-corrected chi connectivity index (χ3v) is 3.05. The second-order valence-electron chi connectivity index (χ2n) is 5.08. The van der Waals surface area contributed by atoms with Crippen LogP contribution in [0.3, 0.4) is 0 Å². The minimum Gasteiger partial charge on any atom is -0.383 e. The lowest BCUT2D eigenvalue weighted by Crippen LogP contribution is -2.56. The summed E-state index contributed by atoms with van der Waals surface area (Å²) in [5, 5.41) is 3.56. The number of methoxy groups -OCH3 is 1. The van der Waals surface area contributed by atoms with Crippen LogP contribution in [0.5, 0.6) is 0 Å². The molecule has 1 rings (SSSR count). The zero-order valence-electron chi connectivity index (χ0n) is 10.6. The topological polar surface area (TPSA) is 24.5 Å². The van der Waals surface area contributed by atoms with Gasteiger partial charge in [0.15, 0.2) is 0 Å². The average molecular weight is 214 g/mol. The summed E-state index contributed by atoms with van der Waals surface area (Å²) in [6.07, 6.45) is 1.28. The Bertz CT molecular complexity index is 173. The molecule has 0 aliphatic carbocycles. The third-order valence-electron chi connectivity index (χ3n) is 3.05. The number of nitrogens with one attached hydrogen (secondary N) is 1. The highest BCUT2D eigenvalue weighted by Crippen LogP contribution is 2.14. The van der Waals surface area contributed by atoms with E-state index in [1.165, 1.54) is 6.42 Å². The molecule has 1 aliphatic rings. The van der Waals surface area contributed by atoms with E-state index in [1.54, 1.807) is 7.11 Å². The van der Waals surface area contributed by atoms with Crippen LogP contribution in [-0.2, 0) is 4.74 Å². The van der Waals surface area contributed by atoms with E-state index in [4.69, 9.17) is 4.74 Å². The van der Waals surface area contributed by atoms with Gasteiger partial charge in [0.1, 0.15) is 0 Å². The molecule has 1 heterocycles. The van der Waals surface area contributed by atoms with Crippen molar-refractivity contribution in [3.05, 3.63) is 0 Å². The number of hydrogen-bond acceptors (Lipinski definition) is 3. The molecule has 0 aromatic rings. The summed E-state index contributed by atoms with van der Waals surface area (Å²) in [6, 6.07) is 1.31. The van der Waals surface area contributed by atoms with Gasteiger partial charge in [-0.1, -0.05) is 13.8 Å². The molecule has 0 aromatic carbocycles. The Morgan fingerprint density at radius 3 is 2.80 bits per heavy atom. The van der Waals surface area contributed by atoms with Gasteiger partial charge >= 0.3 is 0 Å². The van der Waals surface area contributed by atoms with Crippen molar-refractivity contribution < 1.29 is 4.74 Å². The highest BCUT2D eigenvalue weighted by atomic mass is 16.5. The summed E-state index contributed by atoms with van der Waals surface area (Å²) in [5.41, 5.74) is 0. The van der Waals surface area contributed by atoms with E-state index in [1.807, 2.05) is 0 Å². The molecule has 0 aromatic heterocycles. The second-order valence-corrected chi connectivity index (χ2v) is 5.08. The van der Waals surface area contributed by atoms with E-state index in [-0.39, 0.29) is 0 Å². The molecule has 1 fully saturated rings. The van der Waals surface area contributed by atoms with Crippen molar-refractivity contribution in [1.82, 2.24) is 10.2 Å². The third kappa shape index (κ3) is 4.49. The quantitative estimate of drug-likeness (QED) is 0.747. The van der Waals surface area contributed by atoms with Gasteiger partial charge in [-0.25, -0.2) is 0 Å². The second kappa shape index (κ2) is 6.46. The fourth-order valence-corrected chi connectivity index (χ4v) is 2.29. The van der Waals surface area contributed by atoms with Crippen molar-refractivity contribution in [3.8, 4) is 0 Å². The van der Waals surface area contributed by atoms with Crippen LogP contribution in [-0.4, -0.2) is 50.3 Å². The van der Waals surface area contributed by atoms with E-state index < -0.39 is 0 Å². The molecule has 0 amide bonds. The Kier molecular flexibility index (Phi) is 5.58. The predicted octanol–water partition coefficient (Wildman–Crippen LogP) is 1.34. The first-order chi connectivity index (χ1) is 7.13. The van der Waals surface area contributed by atoms with Gasteiger partial charge in [0, 0.05) is 38.8 Å². The summed E-state index contributed by atoms with van der Waals surface area (Å²) < 4.78 is 5.17. The monoisotopic (exact) mass is 214 g/mol. The number of ether oxygens (including phenoxy) is 1. The first-order valence-electron chi connectivity index (χ1n) is 6.09. The Labute approximate surface area is 94.2 Å². The smallest absolute Gasteiger partial charge is 0.0589 e. The Balaban J connectivity index is 2.42. The van der Waals surface area contributed by atoms with Gasteiger partial charge in [-0.2, -0.15) is 0 Å². The first kappa shape index (κ1) is 12.9. The molecule has 1 aliphatic heterocycles. The normalized spacial score (nSPS) is 28.6. The zero-order chi connectivity index (χ0) is 11.3. The standard InChI is InChI=1S/C12H26N2O/c1-10(2)7-12-8-13-11(3)9-14(12)5-6-15-4/h10-13H,5-9H2,1-4H3. The molecular formula is C12H26N2O. The largest absolute Gasteiger partial charge is 0.383 e. The highest BCUT2D eigenvalue weighted by Gasteiger charge is 2.25. The first-order valence-corrected chi connectivity index (χ1v) is 6.09. The number of rotatable bonds is 5. The van der Waals surface area contributed by atoms with Crippen LogP contribution in [0, 0.1) is 5.92 Å². The zero-order valence-corrected chi connectivity index (χ0v) is 10.6. The van der Waals surface area contributed by atoms with Gasteiger partial charge in [0.2, 0.25) is 0 Å². The SMILES string of the molecule is COCCN1CC(C)NCC1CC(C)C. The van der Waals surface area contributed by atoms with Gasteiger partial charge < -0.3 is 10.1 Å². The fourth-order valence-electron chi connectivity index (χ4n) is 2.29. The van der Waals surface area contributed by atoms with Crippen molar-refractivity contribution in [3.63, 3.8) is 0 Å². The molecule has 90 valence electrons. The Morgan fingerprint density at radius 1 is 1.47 bits per heavy atom. The molecule has 0 saturated carbocycles. The maximum absolute atomic E-state index is 5.17. The highest BCUT2D eigenvalue weighted by molar-refractivity contribution is 4.84. The Morgan fingerprint density at radius 2 is 2.20 bits per heavy atom. The van der Waals surface area contributed by atoms with Crippen molar-refractivity contribution >= 4 is 0 Å². The average Bonchev–Trinajstić information content (AvgIpc) is 2.18. The molecule has 0 spiro atoms. The summed E-state index contributed by atoms with van der Waals surface area (Å²) in [5.74, 6) is 0.773. The van der Waals surface area contributed by atoms with E-state index in [2.05, 4.69) is 31.0 Å². The maximum Gasteiger partial charge on any atom is 0.0589 e. The van der Waals surface area contributed by atoms with E-state index in [0.717, 1.165) is 32.2 Å². The summed E-state index contributed by atoms with van der Waals surface area (Å²) >= 11 is 0. The van der Waals surface area contributed by atoms with Crippen LogP contribution in [0.25, 0.3) is 0 Å². The number of hydrogen-bond donors (Lipinski definition) is 1. The van der Waals surface area contributed by atoms with Crippen LogP contribution < -0.4 is 5.32 Å². The van der Waals surface area contributed by atoms with Gasteiger partial charge in [-0.15, -0.1) is 0 Å². The molecular weight excluding hydrogens is 188 g/mol. The molecule has 1 saturated heterocycles. The number of nitrogens with zero attached hydrogens (tertiary/aromatic N) is 1. The lowest BCUT2D eigenvalue weighted by molar-refractivity contribution is 0.0799. The Hall–Kier alpha value is -0.120. The van der Waals surface area contributed by atoms with E-state index in [0.29, 0.717) is 12.1 Å². The summed E-state index contributed by atoms with van der Waals surface area (Å²) in [6.45, 7) is 11.1. The van der Waals surface area contributed by atoms with Gasteiger partial charge in [0.05, 0.1) is 6.61 Å². The minimum absolute atomic E-state index is 0.616. The van der Waals surface area contributed by atoms with Crippen LogP contribution in [0.4, 0.5) is 0 Å². The summed E-state index contributed by atoms with van der Waals surface area (Å²) in [4.78, 5) is 2.57. The van der Waals surface area contributed by atoms with Crippen molar-refractivity contribution in [2.75, 3.05) is 33.4 Å². The molecule has 1 N–H and O–H groups in total. The lowest BCUT2D eigenvalue weighted by atomic mass is 9.99. The lowest BCUT2D eigenvalue weighted by Gasteiger charge is -2.40. The van der Waals surface area contributed by atoms with Crippen LogP contribution in [0.1, 0.15) is 27.2 Å². The number of piperazine rings is 1. The molecule has 3 nitrogen and oxygen atoms in total. The predicted molar refractivity (Wildman–Crippen MR) is 64.2 cm³/mol. The molecule has 0 radical (unpaired) electrons. The molecule has 15 heavy (non-hydrogen) atoms. The molecule has 2 atom stereocenters. The van der Waals surface area contributed by atoms with Crippen LogP contribution >= 0.6 is 0 Å². The van der Waals surface area contributed by atoms with Crippen molar-refractivity contribution in [1.29, 1.82) is 0 Å². The molecule has 2 unspecified atom stereocenters. The van der Waals surface area contributed by atoms with Gasteiger partial charge in [-0.05, 0) is 19.3 Å². The van der Waals surface area contributed by atoms with Crippen molar-refractivity contribution in [2.24, 2.45) is 5.92 Å². The van der Waals surface area contributed by atoms with E-state index >= 15 is 0 Å². The van der Waals surface area contributed by atoms with Crippen LogP contribution in [0.15, 0.2) is 0 Å². The van der Waals surface area contributed by atoms with Gasteiger partial charge in [0.25, 0.3) is 0 Å². The molecule has 0 bridgehead atoms. The minimum atomic E-state index is 0.616. The van der Waals surface area contributed by atoms with Gasteiger partial charge in [-0.3, -0.25) is 4.90 Å². The maximum atomic E-state index is 5.17. The van der Waals surface area contributed by atoms with Crippen molar-refractivity contribution in [2.45, 2.75) is 39.3 Å². The van der Waals surface area contributed by atoms with Crippen LogP contribution in [0.2, 0.25) is 0 Å². The van der Waals surface area contributed by atoms with E-state index in [9.17, 15) is 0 Å². The molecule has 3 heteroatoms. The summed E-state index contributed by atoms with van der Waals surface area (Å²) in [7, 11) is 1.78.